The van der Waals surface area contributed by atoms with Gasteiger partial charge in [-0.3, -0.25) is 48.3 Å². The lowest BCUT2D eigenvalue weighted by Gasteiger charge is -2.47. The Hall–Kier alpha value is -6.95. The van der Waals surface area contributed by atoms with E-state index in [1.807, 2.05) is 0 Å². The Morgan fingerprint density at radius 1 is 0.478 bits per heavy atom. The maximum Gasteiger partial charge on any atom is 0.323 e. The van der Waals surface area contributed by atoms with Crippen LogP contribution in [0, 0.1) is 0 Å². The van der Waals surface area contributed by atoms with Gasteiger partial charge in [0.15, 0.2) is 0 Å². The van der Waals surface area contributed by atoms with E-state index >= 15 is 0 Å². The summed E-state index contributed by atoms with van der Waals surface area (Å²) in [7, 11) is 0. The Kier molecular flexibility index (Phi) is 20.0. The third-order valence-corrected chi connectivity index (χ3v) is 11.4. The highest BCUT2D eigenvalue weighted by Crippen LogP contribution is 2.32. The third kappa shape index (κ3) is 17.1. The fraction of sp³-hybridized carbons (Fsp3) is 0.380. The molecule has 1 fully saturated rings. The minimum Gasteiger partial charge on any atom is -0.481 e. The van der Waals surface area contributed by atoms with Gasteiger partial charge in [-0.2, -0.15) is 0 Å². The quantitative estimate of drug-likeness (QED) is 0.0559. The first-order valence-electron chi connectivity index (χ1n) is 22.0. The van der Waals surface area contributed by atoms with E-state index in [-0.39, 0.29) is 71.9 Å². The number of benzene rings is 4. The Balaban J connectivity index is 1.61. The number of carboxylic acid groups (broad SMARTS) is 3. The molecule has 356 valence electrons. The molecule has 1 aliphatic heterocycles. The van der Waals surface area contributed by atoms with Crippen LogP contribution in [-0.2, 0) is 78.9 Å². The summed E-state index contributed by atoms with van der Waals surface area (Å²) < 4.78 is 23.0. The second kappa shape index (κ2) is 26.3. The Morgan fingerprint density at radius 3 is 1.10 bits per heavy atom. The van der Waals surface area contributed by atoms with Crippen molar-refractivity contribution in [3.05, 3.63) is 144 Å². The van der Waals surface area contributed by atoms with E-state index in [1.54, 1.807) is 131 Å². The minimum atomic E-state index is -1.64. The summed E-state index contributed by atoms with van der Waals surface area (Å²) in [6.45, 7) is -2.41. The van der Waals surface area contributed by atoms with Gasteiger partial charge < -0.3 is 34.3 Å². The van der Waals surface area contributed by atoms with Crippen molar-refractivity contribution in [2.24, 2.45) is 0 Å². The van der Waals surface area contributed by atoms with Gasteiger partial charge in [-0.25, -0.2) is 0 Å². The number of ether oxygens (including phenoxy) is 4. The van der Waals surface area contributed by atoms with Gasteiger partial charge in [-0.1, -0.05) is 121 Å². The van der Waals surface area contributed by atoms with Crippen LogP contribution in [0.4, 0.5) is 0 Å². The molecule has 0 aromatic heterocycles. The van der Waals surface area contributed by atoms with Crippen LogP contribution in [0.1, 0.15) is 60.8 Å². The van der Waals surface area contributed by atoms with Crippen molar-refractivity contribution in [3.63, 3.8) is 0 Å². The van der Waals surface area contributed by atoms with Crippen LogP contribution in [0.5, 0.6) is 0 Å². The zero-order valence-electron chi connectivity index (χ0n) is 37.2. The number of carbonyl (C=O) groups is 7. The molecule has 2 unspecified atom stereocenters. The van der Waals surface area contributed by atoms with Crippen LogP contribution in [0.3, 0.4) is 0 Å². The van der Waals surface area contributed by atoms with E-state index in [2.05, 4.69) is 0 Å². The summed E-state index contributed by atoms with van der Waals surface area (Å²) in [5.41, 5.74) is 1.02. The zero-order valence-corrected chi connectivity index (χ0v) is 37.2. The first-order chi connectivity index (χ1) is 32.3. The molecule has 1 heterocycles. The van der Waals surface area contributed by atoms with Crippen LogP contribution in [0.2, 0.25) is 0 Å². The molecule has 17 nitrogen and oxygen atoms in total. The summed E-state index contributed by atoms with van der Waals surface area (Å²) in [5, 5.41) is 30.0. The van der Waals surface area contributed by atoms with Crippen molar-refractivity contribution >= 4 is 41.8 Å². The molecule has 4 aromatic rings. The highest BCUT2D eigenvalue weighted by molar-refractivity contribution is 5.79. The Morgan fingerprint density at radius 2 is 0.791 bits per heavy atom. The third-order valence-electron chi connectivity index (χ3n) is 11.4. The monoisotopic (exact) mass is 923 g/mol. The summed E-state index contributed by atoms with van der Waals surface area (Å²) in [5.74, 6) is -6.81. The van der Waals surface area contributed by atoms with Crippen molar-refractivity contribution < 1.29 is 67.8 Å². The van der Waals surface area contributed by atoms with Gasteiger partial charge in [0.25, 0.3) is 0 Å². The molecule has 0 amide bonds. The van der Waals surface area contributed by atoms with Crippen molar-refractivity contribution in [3.8, 4) is 0 Å². The molecule has 4 aromatic carbocycles. The van der Waals surface area contributed by atoms with Crippen LogP contribution in [-0.4, -0.2) is 129 Å². The highest BCUT2D eigenvalue weighted by atomic mass is 16.5. The molecule has 1 saturated heterocycles. The molecule has 0 spiro atoms. The fourth-order valence-electron chi connectivity index (χ4n) is 7.95. The smallest absolute Gasteiger partial charge is 0.323 e. The molecule has 3 N–H and O–H groups in total. The second-order valence-electron chi connectivity index (χ2n) is 16.3. The minimum absolute atomic E-state index is 0.0557. The number of nitrogens with zero attached hydrogens (tertiary/aromatic N) is 3. The average Bonchev–Trinajstić information content (AvgIpc) is 3.52. The number of aliphatic carboxylic acids is 3. The second-order valence-corrected chi connectivity index (χ2v) is 16.3. The molecule has 1 aliphatic rings. The zero-order chi connectivity index (χ0) is 48.0. The van der Waals surface area contributed by atoms with E-state index in [9.17, 15) is 48.9 Å². The lowest BCUT2D eigenvalue weighted by molar-refractivity contribution is -0.159. The van der Waals surface area contributed by atoms with E-state index < -0.39 is 91.8 Å². The standard InChI is InChI=1S/C50H57N3O14/c54-43(55)23-21-41(48(62)66-33-39-17-9-3-10-18-39)51-27-28-52(42(22-24-44(56)57)49(63)67-34-40-19-11-4-12-20-40)36-50(35-51,26-25-45(58)59)53(29-46(60)64-31-37-13-5-1-6-14-37)30-47(61)65-32-38-15-7-2-8-16-38/h1-20,41-42H,21-36H2,(H,54,55)(H,56,57)(H,58,59). The predicted molar refractivity (Wildman–Crippen MR) is 241 cm³/mol. The molecule has 67 heavy (non-hydrogen) atoms. The fourth-order valence-corrected chi connectivity index (χ4v) is 7.95. The molecule has 5 rings (SSSR count). The molecule has 0 radical (unpaired) electrons. The molecule has 0 saturated carbocycles. The first-order valence-corrected chi connectivity index (χ1v) is 22.0. The topological polar surface area (TPSA) is 227 Å². The van der Waals surface area contributed by atoms with Crippen molar-refractivity contribution in [1.82, 2.24) is 14.7 Å². The number of carboxylic acids is 3. The van der Waals surface area contributed by atoms with Crippen LogP contribution < -0.4 is 0 Å². The van der Waals surface area contributed by atoms with Gasteiger partial charge in [-0.05, 0) is 41.5 Å². The van der Waals surface area contributed by atoms with E-state index in [4.69, 9.17) is 18.9 Å². The van der Waals surface area contributed by atoms with Gasteiger partial charge in [-0.15, -0.1) is 0 Å². The van der Waals surface area contributed by atoms with Gasteiger partial charge in [0.2, 0.25) is 0 Å². The number of carbonyl (C=O) groups excluding carboxylic acids is 4. The number of rotatable bonds is 26. The molecular weight excluding hydrogens is 867 g/mol. The first kappa shape index (κ1) is 51.0. The van der Waals surface area contributed by atoms with Crippen LogP contribution in [0.25, 0.3) is 0 Å². The normalized spacial score (nSPS) is 16.2. The van der Waals surface area contributed by atoms with Crippen molar-refractivity contribution in [1.29, 1.82) is 0 Å². The van der Waals surface area contributed by atoms with E-state index in [0.717, 1.165) is 0 Å². The molecule has 0 aliphatic carbocycles. The van der Waals surface area contributed by atoms with E-state index in [0.29, 0.717) is 22.3 Å². The predicted octanol–water partition coefficient (Wildman–Crippen LogP) is 4.95. The van der Waals surface area contributed by atoms with E-state index in [1.165, 1.54) is 4.90 Å². The molecular formula is C50H57N3O14. The van der Waals surface area contributed by atoms with Gasteiger partial charge in [0.1, 0.15) is 38.5 Å². The lowest BCUT2D eigenvalue weighted by Crippen LogP contribution is -2.64. The highest BCUT2D eigenvalue weighted by Gasteiger charge is 2.48. The Labute approximate surface area is 388 Å². The average molecular weight is 924 g/mol. The molecule has 2 atom stereocenters. The number of esters is 4. The SMILES string of the molecule is O=C(O)CCC(C(=O)OCc1ccccc1)N1CCN(C(CCC(=O)O)C(=O)OCc2ccccc2)CC(CCC(=O)O)(N(CC(=O)OCc2ccccc2)CC(=O)OCc2ccccc2)C1. The summed E-state index contributed by atoms with van der Waals surface area (Å²) in [6, 6.07) is 32.8. The number of hydrogen-bond acceptors (Lipinski definition) is 14. The van der Waals surface area contributed by atoms with Gasteiger partial charge in [0.05, 0.1) is 13.1 Å². The largest absolute Gasteiger partial charge is 0.481 e. The Bertz CT molecular complexity index is 2080. The van der Waals surface area contributed by atoms with Crippen molar-refractivity contribution in [2.45, 2.75) is 82.6 Å². The van der Waals surface area contributed by atoms with Gasteiger partial charge in [0, 0.05) is 51.0 Å². The van der Waals surface area contributed by atoms with Gasteiger partial charge >= 0.3 is 41.8 Å². The summed E-state index contributed by atoms with van der Waals surface area (Å²) in [4.78, 5) is 97.9. The maximum atomic E-state index is 14.2. The van der Waals surface area contributed by atoms with Crippen LogP contribution in [0.15, 0.2) is 121 Å². The maximum absolute atomic E-state index is 14.2. The molecule has 17 heteroatoms. The summed E-state index contributed by atoms with van der Waals surface area (Å²) >= 11 is 0. The summed E-state index contributed by atoms with van der Waals surface area (Å²) in [6.07, 6.45) is -2.27. The molecule has 0 bridgehead atoms. The lowest BCUT2D eigenvalue weighted by atomic mass is 9.88. The van der Waals surface area contributed by atoms with Crippen LogP contribution >= 0.6 is 0 Å². The van der Waals surface area contributed by atoms with Crippen molar-refractivity contribution in [2.75, 3.05) is 39.3 Å². The number of hydrogen-bond donors (Lipinski definition) is 3.